The van der Waals surface area contributed by atoms with Crippen molar-refractivity contribution in [2.24, 2.45) is 0 Å². The Labute approximate surface area is 368 Å². The largest absolute Gasteiger partial charge is 0.310 e. The molecule has 0 N–H and O–H groups in total. The number of anilines is 3. The third-order valence-electron chi connectivity index (χ3n) is 13.4. The van der Waals surface area contributed by atoms with Gasteiger partial charge in [-0.2, -0.15) is 0 Å². The Morgan fingerprint density at radius 1 is 0.333 bits per heavy atom. The van der Waals surface area contributed by atoms with E-state index in [2.05, 4.69) is 254 Å². The van der Waals surface area contributed by atoms with Gasteiger partial charge in [0.15, 0.2) is 0 Å². The van der Waals surface area contributed by atoms with Crippen molar-refractivity contribution in [2.75, 3.05) is 4.90 Å². The fourth-order valence-electron chi connectivity index (χ4n) is 10.2. The van der Waals surface area contributed by atoms with Crippen LogP contribution >= 0.6 is 0 Å². The average Bonchev–Trinajstić information content (AvgIpc) is 3.80. The predicted octanol–water partition coefficient (Wildman–Crippen LogP) is 16.7. The van der Waals surface area contributed by atoms with Gasteiger partial charge in [0.2, 0.25) is 0 Å². The Kier molecular flexibility index (Phi) is 8.55. The van der Waals surface area contributed by atoms with E-state index >= 15 is 0 Å². The van der Waals surface area contributed by atoms with Crippen LogP contribution in [0.4, 0.5) is 17.1 Å². The topological polar surface area (TPSA) is 8.17 Å². The summed E-state index contributed by atoms with van der Waals surface area (Å²) < 4.78 is 2.39. The van der Waals surface area contributed by atoms with E-state index < -0.39 is 0 Å². The van der Waals surface area contributed by atoms with E-state index in [1.54, 1.807) is 0 Å². The fourth-order valence-corrected chi connectivity index (χ4v) is 10.2. The van der Waals surface area contributed by atoms with Crippen LogP contribution in [0.3, 0.4) is 0 Å². The molecule has 10 aromatic carbocycles. The van der Waals surface area contributed by atoms with Gasteiger partial charge in [0.05, 0.1) is 11.0 Å². The molecule has 0 amide bonds. The third kappa shape index (κ3) is 6.17. The first-order valence-electron chi connectivity index (χ1n) is 21.9. The average molecular weight is 805 g/mol. The number of nitrogens with zero attached hydrogens (tertiary/aromatic N) is 2. The van der Waals surface area contributed by atoms with E-state index in [1.165, 1.54) is 88.2 Å². The van der Waals surface area contributed by atoms with Crippen LogP contribution in [0.25, 0.3) is 82.8 Å². The molecule has 1 aromatic heterocycles. The maximum atomic E-state index is 2.42. The summed E-state index contributed by atoms with van der Waals surface area (Å²) in [6.45, 7) is 4.71. The fraction of sp³-hybridized carbons (Fsp3) is 0.0492. The highest BCUT2D eigenvalue weighted by molar-refractivity contribution is 6.09. The lowest BCUT2D eigenvalue weighted by Crippen LogP contribution is -2.16. The Hall–Kier alpha value is -7.94. The van der Waals surface area contributed by atoms with Crippen molar-refractivity contribution in [3.63, 3.8) is 0 Å². The molecule has 12 rings (SSSR count). The highest BCUT2D eigenvalue weighted by Crippen LogP contribution is 2.51. The molecule has 63 heavy (non-hydrogen) atoms. The van der Waals surface area contributed by atoms with Crippen LogP contribution in [0.2, 0.25) is 0 Å². The van der Waals surface area contributed by atoms with Crippen LogP contribution in [-0.2, 0) is 5.41 Å². The minimum Gasteiger partial charge on any atom is -0.310 e. The van der Waals surface area contributed by atoms with Gasteiger partial charge in [-0.3, -0.25) is 0 Å². The molecule has 0 atom stereocenters. The minimum atomic E-state index is -0.112. The lowest BCUT2D eigenvalue weighted by molar-refractivity contribution is 0.660. The van der Waals surface area contributed by atoms with Gasteiger partial charge < -0.3 is 9.47 Å². The van der Waals surface area contributed by atoms with Crippen LogP contribution in [0.5, 0.6) is 0 Å². The zero-order chi connectivity index (χ0) is 42.1. The molecule has 0 aliphatic heterocycles. The lowest BCUT2D eigenvalue weighted by atomic mass is 9.82. The summed E-state index contributed by atoms with van der Waals surface area (Å²) in [6, 6.07) is 84.6. The highest BCUT2D eigenvalue weighted by Gasteiger charge is 2.35. The van der Waals surface area contributed by atoms with E-state index in [0.29, 0.717) is 0 Å². The van der Waals surface area contributed by atoms with Crippen LogP contribution in [0.1, 0.15) is 25.0 Å². The Bertz CT molecular complexity index is 3480. The monoisotopic (exact) mass is 804 g/mol. The normalized spacial score (nSPS) is 12.7. The Morgan fingerprint density at radius 3 is 1.54 bits per heavy atom. The Morgan fingerprint density at radius 2 is 0.841 bits per heavy atom. The van der Waals surface area contributed by atoms with Gasteiger partial charge >= 0.3 is 0 Å². The molecule has 0 unspecified atom stereocenters. The van der Waals surface area contributed by atoms with Gasteiger partial charge in [-0.25, -0.2) is 0 Å². The summed E-state index contributed by atoms with van der Waals surface area (Å²) in [6.07, 6.45) is 0. The third-order valence-corrected chi connectivity index (χ3v) is 13.4. The molecule has 11 aromatic rings. The molecule has 0 saturated heterocycles. The molecule has 1 aliphatic carbocycles. The van der Waals surface area contributed by atoms with Crippen molar-refractivity contribution in [1.29, 1.82) is 0 Å². The quantitative estimate of drug-likeness (QED) is 0.156. The predicted molar refractivity (Wildman–Crippen MR) is 267 cm³/mol. The van der Waals surface area contributed by atoms with Crippen molar-refractivity contribution in [1.82, 2.24) is 4.57 Å². The number of hydrogen-bond acceptors (Lipinski definition) is 1. The van der Waals surface area contributed by atoms with Gasteiger partial charge in [-0.05, 0) is 139 Å². The summed E-state index contributed by atoms with van der Waals surface area (Å²) in [5.74, 6) is 0. The molecule has 0 bridgehead atoms. The number of para-hydroxylation sites is 2. The molecule has 0 spiro atoms. The number of hydrogen-bond donors (Lipinski definition) is 0. The van der Waals surface area contributed by atoms with Gasteiger partial charge in [0.25, 0.3) is 0 Å². The summed E-state index contributed by atoms with van der Waals surface area (Å²) in [4.78, 5) is 2.41. The van der Waals surface area contributed by atoms with Crippen LogP contribution < -0.4 is 4.90 Å². The number of aromatic nitrogens is 1. The summed E-state index contributed by atoms with van der Waals surface area (Å²) in [5, 5.41) is 5.05. The van der Waals surface area contributed by atoms with Crippen molar-refractivity contribution in [2.45, 2.75) is 19.3 Å². The standard InChI is InChI=1S/C61H44N2/c1-61(2)57-22-8-5-19-53(57)54-36-35-52(40-58(54)61)62(49-31-27-42(28-32-49)45-15-11-16-46(37-45)48-26-25-41-13-3-4-14-44(41)38-48)50-33-29-43(30-34-50)47-17-12-18-51(39-47)63-59-23-9-6-20-55(59)56-21-7-10-24-60(56)63/h3-40H,1-2H3. The molecule has 0 saturated carbocycles. The molecule has 0 radical (unpaired) electrons. The van der Waals surface area contributed by atoms with Gasteiger partial charge in [0, 0.05) is 38.9 Å². The molecular weight excluding hydrogens is 761 g/mol. The van der Waals surface area contributed by atoms with E-state index in [9.17, 15) is 0 Å². The molecular formula is C61H44N2. The molecule has 298 valence electrons. The first-order chi connectivity index (χ1) is 31.0. The van der Waals surface area contributed by atoms with Crippen molar-refractivity contribution < 1.29 is 0 Å². The Balaban J connectivity index is 0.924. The van der Waals surface area contributed by atoms with Crippen molar-refractivity contribution in [3.8, 4) is 50.2 Å². The summed E-state index contributed by atoms with van der Waals surface area (Å²) in [5.41, 5.74) is 19.4. The minimum absolute atomic E-state index is 0.112. The summed E-state index contributed by atoms with van der Waals surface area (Å²) in [7, 11) is 0. The molecule has 2 nitrogen and oxygen atoms in total. The van der Waals surface area contributed by atoms with E-state index in [4.69, 9.17) is 0 Å². The van der Waals surface area contributed by atoms with Gasteiger partial charge in [0.1, 0.15) is 0 Å². The van der Waals surface area contributed by atoms with Gasteiger partial charge in [-0.1, -0.05) is 172 Å². The molecule has 1 aliphatic rings. The van der Waals surface area contributed by atoms with Crippen LogP contribution in [-0.4, -0.2) is 4.57 Å². The zero-order valence-electron chi connectivity index (χ0n) is 35.3. The number of rotatable bonds is 7. The van der Waals surface area contributed by atoms with Crippen molar-refractivity contribution >= 4 is 49.6 Å². The molecule has 0 fully saturated rings. The lowest BCUT2D eigenvalue weighted by Gasteiger charge is -2.28. The SMILES string of the molecule is CC1(C)c2ccccc2-c2ccc(N(c3ccc(-c4cccc(-c5ccc6ccccc6c5)c4)cc3)c3ccc(-c4cccc(-n5c6ccccc6c6ccccc65)c4)cc3)cc21. The number of benzene rings is 10. The highest BCUT2D eigenvalue weighted by atomic mass is 15.1. The molecule has 2 heteroatoms. The van der Waals surface area contributed by atoms with E-state index in [0.717, 1.165) is 22.7 Å². The van der Waals surface area contributed by atoms with Crippen molar-refractivity contribution in [3.05, 3.63) is 242 Å². The van der Waals surface area contributed by atoms with E-state index in [-0.39, 0.29) is 5.41 Å². The summed E-state index contributed by atoms with van der Waals surface area (Å²) >= 11 is 0. The van der Waals surface area contributed by atoms with Crippen LogP contribution in [0.15, 0.2) is 231 Å². The van der Waals surface area contributed by atoms with E-state index in [1.807, 2.05) is 0 Å². The smallest absolute Gasteiger partial charge is 0.0541 e. The zero-order valence-corrected chi connectivity index (χ0v) is 35.3. The second-order valence-corrected chi connectivity index (χ2v) is 17.4. The number of fused-ring (bicyclic) bond motifs is 7. The van der Waals surface area contributed by atoms with Crippen LogP contribution in [0, 0.1) is 0 Å². The second-order valence-electron chi connectivity index (χ2n) is 17.4. The van der Waals surface area contributed by atoms with Gasteiger partial charge in [-0.15, -0.1) is 0 Å². The maximum absolute atomic E-state index is 2.42. The second kappa shape index (κ2) is 14.6. The maximum Gasteiger partial charge on any atom is 0.0541 e. The molecule has 1 heterocycles. The first-order valence-corrected chi connectivity index (χ1v) is 21.9. The first kappa shape index (κ1) is 36.9.